The summed E-state index contributed by atoms with van der Waals surface area (Å²) < 4.78 is 0. The summed E-state index contributed by atoms with van der Waals surface area (Å²) in [6.07, 6.45) is 51.2. The zero-order chi connectivity index (χ0) is 22.4. The molecule has 32 heavy (non-hydrogen) atoms. The van der Waals surface area contributed by atoms with Crippen molar-refractivity contribution in [1.29, 1.82) is 0 Å². The van der Waals surface area contributed by atoms with Gasteiger partial charge in [0.25, 0.3) is 0 Å². The van der Waals surface area contributed by atoms with E-state index in [1.165, 1.54) is 128 Å². The van der Waals surface area contributed by atoms with Crippen molar-refractivity contribution < 1.29 is 0 Å². The molecule has 0 nitrogen and oxygen atoms in total. The van der Waals surface area contributed by atoms with Crippen molar-refractivity contribution in [2.24, 2.45) is 11.8 Å². The molecule has 2 aliphatic rings. The number of hydrogen-bond acceptors (Lipinski definition) is 0. The molecule has 0 heteroatoms. The van der Waals surface area contributed by atoms with E-state index in [1.54, 1.807) is 0 Å². The Morgan fingerprint density at radius 1 is 0.344 bits per heavy atom. The molecule has 0 radical (unpaired) electrons. The van der Waals surface area contributed by atoms with Crippen LogP contribution in [0.1, 0.15) is 128 Å². The fourth-order valence-corrected chi connectivity index (χ4v) is 4.98. The van der Waals surface area contributed by atoms with E-state index < -0.39 is 0 Å². The summed E-state index contributed by atoms with van der Waals surface area (Å²) in [5.74, 6) is 1.48. The third-order valence-electron chi connectivity index (χ3n) is 7.14. The average Bonchev–Trinajstić information content (AvgIpc) is 3.51. The van der Waals surface area contributed by atoms with Crippen molar-refractivity contribution in [2.75, 3.05) is 0 Å². The Hall–Kier alpha value is -1.30. The van der Waals surface area contributed by atoms with Gasteiger partial charge in [0.15, 0.2) is 0 Å². The minimum absolute atomic E-state index is 0.741. The van der Waals surface area contributed by atoms with Crippen molar-refractivity contribution in [3.63, 3.8) is 0 Å². The molecule has 0 bridgehead atoms. The Kier molecular flexibility index (Phi) is 17.1. The van der Waals surface area contributed by atoms with Crippen molar-refractivity contribution in [2.45, 2.75) is 128 Å². The van der Waals surface area contributed by atoms with Crippen LogP contribution in [-0.4, -0.2) is 0 Å². The van der Waals surface area contributed by atoms with Crippen molar-refractivity contribution in [3.8, 4) is 0 Å². The molecule has 0 heterocycles. The first-order chi connectivity index (χ1) is 15.9. The maximum atomic E-state index is 2.45. The van der Waals surface area contributed by atoms with Gasteiger partial charge in [0.1, 0.15) is 0 Å². The number of rotatable bonds is 22. The van der Waals surface area contributed by atoms with Gasteiger partial charge >= 0.3 is 0 Å². The fraction of sp³-hybridized carbons (Fsp3) is 0.688. The molecule has 0 atom stereocenters. The van der Waals surface area contributed by atoms with Crippen LogP contribution in [0.4, 0.5) is 0 Å². The first-order valence-corrected chi connectivity index (χ1v) is 14.3. The molecule has 0 fully saturated rings. The summed E-state index contributed by atoms with van der Waals surface area (Å²) in [4.78, 5) is 0. The van der Waals surface area contributed by atoms with E-state index in [-0.39, 0.29) is 0 Å². The van der Waals surface area contributed by atoms with E-state index in [2.05, 4.69) is 60.8 Å². The van der Waals surface area contributed by atoms with Gasteiger partial charge in [-0.2, -0.15) is 0 Å². The van der Waals surface area contributed by atoms with E-state index in [0.717, 1.165) is 11.8 Å². The Bertz CT molecular complexity index is 485. The van der Waals surface area contributed by atoms with Gasteiger partial charge in [-0.3, -0.25) is 0 Å². The van der Waals surface area contributed by atoms with Gasteiger partial charge in [0, 0.05) is 0 Å². The lowest BCUT2D eigenvalue weighted by molar-refractivity contribution is 0.544. The first-order valence-electron chi connectivity index (χ1n) is 14.3. The molecule has 0 aliphatic heterocycles. The first kappa shape index (κ1) is 26.9. The van der Waals surface area contributed by atoms with Crippen LogP contribution >= 0.6 is 0 Å². The highest BCUT2D eigenvalue weighted by Gasteiger charge is 2.03. The number of unbranched alkanes of at least 4 members (excludes halogenated alkanes) is 16. The molecule has 0 aromatic carbocycles. The summed E-state index contributed by atoms with van der Waals surface area (Å²) in [6, 6.07) is 0. The van der Waals surface area contributed by atoms with Crippen LogP contribution in [-0.2, 0) is 0 Å². The lowest BCUT2D eigenvalue weighted by Crippen LogP contribution is -1.89. The lowest BCUT2D eigenvalue weighted by Gasteiger charge is -2.05. The largest absolute Gasteiger partial charge is 0.0885 e. The van der Waals surface area contributed by atoms with Gasteiger partial charge in [-0.25, -0.2) is 0 Å². The summed E-state index contributed by atoms with van der Waals surface area (Å²) in [7, 11) is 0. The van der Waals surface area contributed by atoms with E-state index in [0.29, 0.717) is 0 Å². The van der Waals surface area contributed by atoms with E-state index in [9.17, 15) is 0 Å². The molecule has 2 rings (SSSR count). The maximum absolute atomic E-state index is 2.45. The lowest BCUT2D eigenvalue weighted by atomic mass is 10.0. The Morgan fingerprint density at radius 2 is 0.625 bits per heavy atom. The van der Waals surface area contributed by atoms with E-state index >= 15 is 0 Å². The predicted octanol–water partition coefficient (Wildman–Crippen LogP) is 10.8. The molecule has 0 aromatic heterocycles. The average molecular weight is 437 g/mol. The molecule has 0 unspecified atom stereocenters. The van der Waals surface area contributed by atoms with E-state index in [4.69, 9.17) is 0 Å². The predicted molar refractivity (Wildman–Crippen MR) is 145 cm³/mol. The van der Waals surface area contributed by atoms with Gasteiger partial charge in [-0.05, 0) is 50.4 Å². The van der Waals surface area contributed by atoms with Crippen molar-refractivity contribution in [1.82, 2.24) is 0 Å². The molecule has 180 valence electrons. The molecular weight excluding hydrogens is 384 g/mol. The maximum Gasteiger partial charge on any atom is -0.00473 e. The van der Waals surface area contributed by atoms with Crippen molar-refractivity contribution >= 4 is 0 Å². The van der Waals surface area contributed by atoms with Crippen molar-refractivity contribution in [3.05, 3.63) is 60.8 Å². The van der Waals surface area contributed by atoms with Crippen LogP contribution in [0.2, 0.25) is 0 Å². The highest BCUT2D eigenvalue weighted by Crippen LogP contribution is 2.19. The molecular formula is C32H52. The molecule has 0 N–H and O–H groups in total. The Morgan fingerprint density at radius 3 is 0.969 bits per heavy atom. The summed E-state index contributed by atoms with van der Waals surface area (Å²) in [6.45, 7) is 0. The van der Waals surface area contributed by atoms with Gasteiger partial charge in [0.2, 0.25) is 0 Å². The smallest absolute Gasteiger partial charge is 0.00473 e. The topological polar surface area (TPSA) is 0 Å². The molecule has 0 amide bonds. The van der Waals surface area contributed by atoms with Crippen LogP contribution in [0.25, 0.3) is 0 Å². The summed E-state index contributed by atoms with van der Waals surface area (Å²) in [5.41, 5.74) is 0. The second kappa shape index (κ2) is 20.3. The zero-order valence-corrected chi connectivity index (χ0v) is 21.1. The molecule has 0 aromatic rings. The second-order valence-electron chi connectivity index (χ2n) is 10.2. The standard InChI is InChI=1S/C32H52/c1(3-5-7-9-11-13-15-17-19-25-31-27-21-22-28-31)2-4-6-8-10-12-14-16-18-20-26-32-29-23-24-30-32/h1-2,21-24,27-32H,3-20,25-26H2/b2-1+. The molecule has 2 aliphatic carbocycles. The van der Waals surface area contributed by atoms with Crippen LogP contribution < -0.4 is 0 Å². The van der Waals surface area contributed by atoms with Gasteiger partial charge in [-0.15, -0.1) is 0 Å². The Labute approximate surface area is 201 Å². The quantitative estimate of drug-likeness (QED) is 0.117. The Balaban J connectivity index is 1.19. The second-order valence-corrected chi connectivity index (χ2v) is 10.2. The third kappa shape index (κ3) is 15.5. The molecule has 0 saturated carbocycles. The minimum atomic E-state index is 0.741. The zero-order valence-electron chi connectivity index (χ0n) is 21.1. The number of allylic oxidation sites excluding steroid dienone is 10. The number of hydrogen-bond donors (Lipinski definition) is 0. The summed E-state index contributed by atoms with van der Waals surface area (Å²) in [5, 5.41) is 0. The molecule has 0 saturated heterocycles. The monoisotopic (exact) mass is 436 g/mol. The highest BCUT2D eigenvalue weighted by molar-refractivity contribution is 5.17. The van der Waals surface area contributed by atoms with Crippen LogP contribution in [0.15, 0.2) is 60.8 Å². The van der Waals surface area contributed by atoms with Gasteiger partial charge in [-0.1, -0.05) is 151 Å². The van der Waals surface area contributed by atoms with Crippen LogP contribution in [0.5, 0.6) is 0 Å². The fourth-order valence-electron chi connectivity index (χ4n) is 4.98. The SMILES string of the molecule is C1=CC(CCCCCCCCCC/C=C/CCCCCCCCCCC2C=CC=C2)C=C1. The highest BCUT2D eigenvalue weighted by atomic mass is 14.1. The minimum Gasteiger partial charge on any atom is -0.0885 e. The van der Waals surface area contributed by atoms with Crippen LogP contribution in [0, 0.1) is 11.8 Å². The normalized spacial score (nSPS) is 15.9. The van der Waals surface area contributed by atoms with Gasteiger partial charge in [0.05, 0.1) is 0 Å². The molecule has 0 spiro atoms. The van der Waals surface area contributed by atoms with Gasteiger partial charge < -0.3 is 0 Å². The van der Waals surface area contributed by atoms with E-state index in [1.807, 2.05) is 0 Å². The third-order valence-corrected chi connectivity index (χ3v) is 7.14. The summed E-state index contributed by atoms with van der Waals surface area (Å²) >= 11 is 0. The van der Waals surface area contributed by atoms with Crippen LogP contribution in [0.3, 0.4) is 0 Å².